The summed E-state index contributed by atoms with van der Waals surface area (Å²) in [6, 6.07) is 7.70. The van der Waals surface area contributed by atoms with Crippen molar-refractivity contribution in [1.82, 2.24) is 19.8 Å². The molecular weight excluding hydrogens is 374 g/mol. The van der Waals surface area contributed by atoms with Crippen LogP contribution >= 0.6 is 0 Å². The van der Waals surface area contributed by atoms with Gasteiger partial charge in [0.05, 0.1) is 11.4 Å². The molecule has 1 saturated heterocycles. The fourth-order valence-corrected chi connectivity index (χ4v) is 5.44. The van der Waals surface area contributed by atoms with E-state index in [-0.39, 0.29) is 0 Å². The number of sulfonamides is 1. The normalized spacial score (nSPS) is 20.4. The van der Waals surface area contributed by atoms with Crippen LogP contribution in [0.5, 0.6) is 0 Å². The smallest absolute Gasteiger partial charge is 0.243 e. The fourth-order valence-electron chi connectivity index (χ4n) is 3.80. The van der Waals surface area contributed by atoms with Gasteiger partial charge >= 0.3 is 0 Å². The molecule has 0 radical (unpaired) electrons. The number of hydrogen-bond acceptors (Lipinski definition) is 4. The average molecular weight is 408 g/mol. The zero-order valence-corrected chi connectivity index (χ0v) is 17.8. The minimum absolute atomic E-state index is 0.338. The Morgan fingerprint density at radius 3 is 2.50 bits per heavy atom. The summed E-state index contributed by atoms with van der Waals surface area (Å²) in [5, 5.41) is 6.77. The standard InChI is InChI=1S/C20H33N5O2S/c1-3-21-20(23-18-9-5-6-10-18)22-16-17-8-4-7-11-19(17)28(26,27)25-14-12-24(2)13-15-25/h4,7-8,11,18H,3,5-6,9-10,12-16H2,1-2H3,(H2,21,22,23). The summed E-state index contributed by atoms with van der Waals surface area (Å²) in [6.45, 7) is 5.73. The molecule has 1 aliphatic carbocycles. The Balaban J connectivity index is 1.77. The van der Waals surface area contributed by atoms with E-state index in [9.17, 15) is 8.42 Å². The third-order valence-corrected chi connectivity index (χ3v) is 7.50. The molecule has 0 aromatic heterocycles. The van der Waals surface area contributed by atoms with Crippen molar-refractivity contribution in [3.05, 3.63) is 29.8 Å². The number of benzene rings is 1. The molecule has 8 heteroatoms. The number of rotatable bonds is 6. The van der Waals surface area contributed by atoms with Gasteiger partial charge in [0.25, 0.3) is 0 Å². The molecule has 2 fully saturated rings. The van der Waals surface area contributed by atoms with Crippen molar-refractivity contribution >= 4 is 16.0 Å². The van der Waals surface area contributed by atoms with E-state index in [1.807, 2.05) is 26.1 Å². The van der Waals surface area contributed by atoms with Crippen LogP contribution in [0.25, 0.3) is 0 Å². The summed E-state index contributed by atoms with van der Waals surface area (Å²) < 4.78 is 28.0. The first-order chi connectivity index (χ1) is 13.5. The summed E-state index contributed by atoms with van der Waals surface area (Å²) in [5.74, 6) is 0.765. The first-order valence-electron chi connectivity index (χ1n) is 10.3. The SMILES string of the molecule is CCNC(=NCc1ccccc1S(=O)(=O)N1CCN(C)CC1)NC1CCCC1. The van der Waals surface area contributed by atoms with Crippen molar-refractivity contribution in [3.63, 3.8) is 0 Å². The third-order valence-electron chi connectivity index (χ3n) is 5.50. The van der Waals surface area contributed by atoms with E-state index in [0.29, 0.717) is 30.6 Å². The molecule has 0 spiro atoms. The van der Waals surface area contributed by atoms with Crippen LogP contribution in [0.3, 0.4) is 0 Å². The van der Waals surface area contributed by atoms with E-state index in [2.05, 4.69) is 20.5 Å². The monoisotopic (exact) mass is 407 g/mol. The number of hydrogen-bond donors (Lipinski definition) is 2. The predicted molar refractivity (Wildman–Crippen MR) is 113 cm³/mol. The predicted octanol–water partition coefficient (Wildman–Crippen LogP) is 1.62. The summed E-state index contributed by atoms with van der Waals surface area (Å²) in [7, 11) is -1.48. The van der Waals surface area contributed by atoms with Crippen molar-refractivity contribution in [3.8, 4) is 0 Å². The van der Waals surface area contributed by atoms with Crippen LogP contribution in [0.4, 0.5) is 0 Å². The quantitative estimate of drug-likeness (QED) is 0.554. The maximum absolute atomic E-state index is 13.2. The van der Waals surface area contributed by atoms with E-state index >= 15 is 0 Å². The molecule has 3 rings (SSSR count). The highest BCUT2D eigenvalue weighted by Gasteiger charge is 2.29. The Morgan fingerprint density at radius 1 is 1.14 bits per heavy atom. The molecule has 1 aliphatic heterocycles. The molecule has 28 heavy (non-hydrogen) atoms. The van der Waals surface area contributed by atoms with Crippen molar-refractivity contribution in [2.45, 2.75) is 50.1 Å². The molecule has 0 unspecified atom stereocenters. The van der Waals surface area contributed by atoms with Crippen LogP contribution in [0.1, 0.15) is 38.2 Å². The van der Waals surface area contributed by atoms with Crippen LogP contribution in [-0.4, -0.2) is 69.4 Å². The van der Waals surface area contributed by atoms with E-state index in [1.165, 1.54) is 25.7 Å². The second-order valence-electron chi connectivity index (χ2n) is 7.64. The van der Waals surface area contributed by atoms with Crippen LogP contribution < -0.4 is 10.6 Å². The van der Waals surface area contributed by atoms with Crippen molar-refractivity contribution in [2.75, 3.05) is 39.8 Å². The lowest BCUT2D eigenvalue weighted by Gasteiger charge is -2.32. The molecule has 2 aliphatic rings. The molecule has 0 bridgehead atoms. The van der Waals surface area contributed by atoms with Gasteiger partial charge in [-0.2, -0.15) is 4.31 Å². The van der Waals surface area contributed by atoms with Gasteiger partial charge in [0.15, 0.2) is 5.96 Å². The number of piperazine rings is 1. The van der Waals surface area contributed by atoms with Gasteiger partial charge in [0.1, 0.15) is 0 Å². The lowest BCUT2D eigenvalue weighted by atomic mass is 10.2. The van der Waals surface area contributed by atoms with E-state index in [0.717, 1.165) is 31.2 Å². The van der Waals surface area contributed by atoms with Crippen LogP contribution in [-0.2, 0) is 16.6 Å². The van der Waals surface area contributed by atoms with Gasteiger partial charge in [-0.25, -0.2) is 13.4 Å². The highest BCUT2D eigenvalue weighted by atomic mass is 32.2. The van der Waals surface area contributed by atoms with Gasteiger partial charge < -0.3 is 15.5 Å². The molecule has 1 heterocycles. The van der Waals surface area contributed by atoms with Gasteiger partial charge in [-0.15, -0.1) is 0 Å². The lowest BCUT2D eigenvalue weighted by Crippen LogP contribution is -2.47. The Hall–Kier alpha value is -1.64. The number of guanidine groups is 1. The second-order valence-corrected chi connectivity index (χ2v) is 9.54. The first kappa shape index (κ1) is 21.1. The largest absolute Gasteiger partial charge is 0.357 e. The molecular formula is C20H33N5O2S. The van der Waals surface area contributed by atoms with Gasteiger partial charge in [0.2, 0.25) is 10.0 Å². The molecule has 0 amide bonds. The third kappa shape index (κ3) is 5.24. The molecule has 156 valence electrons. The molecule has 0 atom stereocenters. The van der Waals surface area contributed by atoms with Crippen molar-refractivity contribution in [2.24, 2.45) is 4.99 Å². The summed E-state index contributed by atoms with van der Waals surface area (Å²) >= 11 is 0. The van der Waals surface area contributed by atoms with Gasteiger partial charge in [-0.1, -0.05) is 31.0 Å². The van der Waals surface area contributed by atoms with Gasteiger partial charge in [0, 0.05) is 38.8 Å². The van der Waals surface area contributed by atoms with Crippen LogP contribution in [0.15, 0.2) is 34.2 Å². The molecule has 1 aromatic carbocycles. The number of likely N-dealkylation sites (N-methyl/N-ethyl adjacent to an activating group) is 1. The zero-order chi connectivity index (χ0) is 20.0. The highest BCUT2D eigenvalue weighted by Crippen LogP contribution is 2.22. The van der Waals surface area contributed by atoms with E-state index in [4.69, 9.17) is 0 Å². The van der Waals surface area contributed by atoms with Gasteiger partial charge in [-0.05, 0) is 38.4 Å². The lowest BCUT2D eigenvalue weighted by molar-refractivity contribution is 0.222. The Kier molecular flexibility index (Phi) is 7.31. The first-order valence-corrected chi connectivity index (χ1v) is 11.8. The summed E-state index contributed by atoms with van der Waals surface area (Å²) in [6.07, 6.45) is 4.84. The van der Waals surface area contributed by atoms with Crippen molar-refractivity contribution in [1.29, 1.82) is 0 Å². The minimum atomic E-state index is -3.50. The average Bonchev–Trinajstić information content (AvgIpc) is 3.20. The topological polar surface area (TPSA) is 77.0 Å². The Bertz CT molecular complexity index is 767. The van der Waals surface area contributed by atoms with Gasteiger partial charge in [-0.3, -0.25) is 0 Å². The Labute approximate surface area is 169 Å². The minimum Gasteiger partial charge on any atom is -0.357 e. The van der Waals surface area contributed by atoms with E-state index < -0.39 is 10.0 Å². The number of nitrogens with one attached hydrogen (secondary N) is 2. The maximum Gasteiger partial charge on any atom is 0.243 e. The number of nitrogens with zero attached hydrogens (tertiary/aromatic N) is 3. The molecule has 7 nitrogen and oxygen atoms in total. The van der Waals surface area contributed by atoms with E-state index in [1.54, 1.807) is 16.4 Å². The summed E-state index contributed by atoms with van der Waals surface area (Å²) in [5.41, 5.74) is 0.741. The van der Waals surface area contributed by atoms with Crippen molar-refractivity contribution < 1.29 is 8.42 Å². The second kappa shape index (κ2) is 9.71. The number of aliphatic imine (C=N–C) groups is 1. The van der Waals surface area contributed by atoms with Crippen LogP contribution in [0, 0.1) is 0 Å². The highest BCUT2D eigenvalue weighted by molar-refractivity contribution is 7.89. The fraction of sp³-hybridized carbons (Fsp3) is 0.650. The molecule has 1 aromatic rings. The van der Waals surface area contributed by atoms with Crippen LogP contribution in [0.2, 0.25) is 0 Å². The molecule has 2 N–H and O–H groups in total. The Morgan fingerprint density at radius 2 is 1.82 bits per heavy atom. The zero-order valence-electron chi connectivity index (χ0n) is 17.0. The maximum atomic E-state index is 13.2. The summed E-state index contributed by atoms with van der Waals surface area (Å²) in [4.78, 5) is 7.21. The molecule has 1 saturated carbocycles.